The van der Waals surface area contributed by atoms with E-state index in [1.807, 2.05) is 49.5 Å². The first kappa shape index (κ1) is 14.6. The van der Waals surface area contributed by atoms with Crippen molar-refractivity contribution in [2.75, 3.05) is 13.7 Å². The Labute approximate surface area is 120 Å². The highest BCUT2D eigenvalue weighted by atomic mass is 16.5. The molecule has 0 saturated heterocycles. The summed E-state index contributed by atoms with van der Waals surface area (Å²) in [6.07, 6.45) is 0.674. The highest BCUT2D eigenvalue weighted by molar-refractivity contribution is 5.40. The summed E-state index contributed by atoms with van der Waals surface area (Å²) in [5, 5.41) is 12.1. The predicted molar refractivity (Wildman–Crippen MR) is 81.2 cm³/mol. The normalized spacial score (nSPS) is 12.2. The van der Waals surface area contributed by atoms with Gasteiger partial charge in [0, 0.05) is 18.2 Å². The second-order valence-electron chi connectivity index (χ2n) is 4.77. The number of benzene rings is 2. The van der Waals surface area contributed by atoms with E-state index in [9.17, 15) is 0 Å². The van der Waals surface area contributed by atoms with Gasteiger partial charge in [-0.05, 0) is 44.2 Å². The number of aliphatic hydroxyl groups excluding tert-OH is 1. The van der Waals surface area contributed by atoms with Crippen LogP contribution in [0.25, 0.3) is 0 Å². The van der Waals surface area contributed by atoms with E-state index in [2.05, 4.69) is 18.3 Å². The molecule has 1 atom stereocenters. The van der Waals surface area contributed by atoms with Crippen molar-refractivity contribution in [2.45, 2.75) is 19.4 Å². The molecule has 3 heteroatoms. The Morgan fingerprint density at radius 3 is 2.45 bits per heavy atom. The smallest absolute Gasteiger partial charge is 0.132 e. The molecule has 0 saturated carbocycles. The van der Waals surface area contributed by atoms with Crippen LogP contribution in [-0.2, 0) is 6.42 Å². The minimum Gasteiger partial charge on any atom is -0.457 e. The summed E-state index contributed by atoms with van der Waals surface area (Å²) in [5.74, 6) is 1.67. The summed E-state index contributed by atoms with van der Waals surface area (Å²) in [5.41, 5.74) is 2.24. The minimum absolute atomic E-state index is 0.169. The van der Waals surface area contributed by atoms with Crippen molar-refractivity contribution in [3.63, 3.8) is 0 Å². The number of hydrogen-bond acceptors (Lipinski definition) is 3. The van der Waals surface area contributed by atoms with Gasteiger partial charge in [0.2, 0.25) is 0 Å². The van der Waals surface area contributed by atoms with Crippen molar-refractivity contribution in [1.82, 2.24) is 5.32 Å². The Bertz CT molecular complexity index is 537. The molecule has 106 valence electrons. The van der Waals surface area contributed by atoms with Crippen LogP contribution in [-0.4, -0.2) is 18.8 Å². The minimum atomic E-state index is 0.169. The second kappa shape index (κ2) is 7.08. The number of nitrogens with one attached hydrogen (secondary N) is 1. The van der Waals surface area contributed by atoms with Crippen LogP contribution in [0.4, 0.5) is 0 Å². The van der Waals surface area contributed by atoms with Crippen molar-refractivity contribution in [2.24, 2.45) is 0 Å². The summed E-state index contributed by atoms with van der Waals surface area (Å²) < 4.78 is 5.96. The number of para-hydroxylation sites is 1. The van der Waals surface area contributed by atoms with E-state index in [4.69, 9.17) is 9.84 Å². The number of ether oxygens (including phenoxy) is 1. The molecule has 2 rings (SSSR count). The molecule has 2 aromatic carbocycles. The topological polar surface area (TPSA) is 41.5 Å². The lowest BCUT2D eigenvalue weighted by Crippen LogP contribution is -2.13. The molecule has 0 radical (unpaired) electrons. The van der Waals surface area contributed by atoms with Crippen LogP contribution in [0, 0.1) is 0 Å². The zero-order chi connectivity index (χ0) is 14.4. The quantitative estimate of drug-likeness (QED) is 0.847. The van der Waals surface area contributed by atoms with Crippen LogP contribution >= 0.6 is 0 Å². The summed E-state index contributed by atoms with van der Waals surface area (Å²) in [7, 11) is 1.94. The molecule has 0 amide bonds. The molecule has 0 aliphatic carbocycles. The molecule has 0 bridgehead atoms. The van der Waals surface area contributed by atoms with Crippen LogP contribution < -0.4 is 10.1 Å². The van der Waals surface area contributed by atoms with E-state index >= 15 is 0 Å². The summed E-state index contributed by atoms with van der Waals surface area (Å²) in [6, 6.07) is 16.1. The van der Waals surface area contributed by atoms with E-state index in [1.165, 1.54) is 0 Å². The maximum absolute atomic E-state index is 8.91. The van der Waals surface area contributed by atoms with E-state index in [1.54, 1.807) is 0 Å². The van der Waals surface area contributed by atoms with Crippen LogP contribution in [0.1, 0.15) is 24.1 Å². The Kier molecular flexibility index (Phi) is 5.16. The van der Waals surface area contributed by atoms with E-state index in [-0.39, 0.29) is 12.6 Å². The molecule has 0 aliphatic heterocycles. The fourth-order valence-electron chi connectivity index (χ4n) is 2.07. The van der Waals surface area contributed by atoms with Crippen molar-refractivity contribution in [3.8, 4) is 11.5 Å². The Hall–Kier alpha value is -1.84. The van der Waals surface area contributed by atoms with Gasteiger partial charge in [0.25, 0.3) is 0 Å². The van der Waals surface area contributed by atoms with Crippen molar-refractivity contribution < 1.29 is 9.84 Å². The largest absolute Gasteiger partial charge is 0.457 e. The molecule has 2 N–H and O–H groups in total. The van der Waals surface area contributed by atoms with Gasteiger partial charge in [-0.25, -0.2) is 0 Å². The van der Waals surface area contributed by atoms with Crippen molar-refractivity contribution in [1.29, 1.82) is 0 Å². The molecular weight excluding hydrogens is 250 g/mol. The van der Waals surface area contributed by atoms with Gasteiger partial charge in [0.15, 0.2) is 0 Å². The Balaban J connectivity index is 2.17. The summed E-state index contributed by atoms with van der Waals surface area (Å²) in [6.45, 7) is 2.27. The first-order chi connectivity index (χ1) is 9.74. The van der Waals surface area contributed by atoms with Gasteiger partial charge in [0.1, 0.15) is 11.5 Å². The second-order valence-corrected chi connectivity index (χ2v) is 4.77. The first-order valence-electron chi connectivity index (χ1n) is 6.88. The van der Waals surface area contributed by atoms with Crippen LogP contribution in [0.2, 0.25) is 0 Å². The molecule has 0 aromatic heterocycles. The van der Waals surface area contributed by atoms with Gasteiger partial charge in [-0.1, -0.05) is 30.3 Å². The average molecular weight is 271 g/mol. The SMILES string of the molecule is CNC(C)c1ccccc1Oc1ccc(CCO)cc1. The van der Waals surface area contributed by atoms with E-state index in [0.717, 1.165) is 22.6 Å². The zero-order valence-electron chi connectivity index (χ0n) is 12.0. The third-order valence-corrected chi connectivity index (χ3v) is 3.37. The standard InChI is InChI=1S/C17H21NO2/c1-13(18-2)16-5-3-4-6-17(16)20-15-9-7-14(8-10-15)11-12-19/h3-10,13,18-19H,11-12H2,1-2H3. The number of aliphatic hydroxyl groups is 1. The first-order valence-corrected chi connectivity index (χ1v) is 6.88. The number of hydrogen-bond donors (Lipinski definition) is 2. The van der Waals surface area contributed by atoms with Crippen molar-refractivity contribution in [3.05, 3.63) is 59.7 Å². The van der Waals surface area contributed by atoms with Gasteiger partial charge < -0.3 is 15.2 Å². The highest BCUT2D eigenvalue weighted by Gasteiger charge is 2.09. The van der Waals surface area contributed by atoms with Crippen LogP contribution in [0.3, 0.4) is 0 Å². The van der Waals surface area contributed by atoms with Crippen molar-refractivity contribution >= 4 is 0 Å². The molecule has 3 nitrogen and oxygen atoms in total. The summed E-state index contributed by atoms with van der Waals surface area (Å²) in [4.78, 5) is 0. The maximum Gasteiger partial charge on any atom is 0.132 e. The fraction of sp³-hybridized carbons (Fsp3) is 0.294. The van der Waals surface area contributed by atoms with Gasteiger partial charge in [-0.2, -0.15) is 0 Å². The van der Waals surface area contributed by atoms with E-state index < -0.39 is 0 Å². The molecule has 0 spiro atoms. The highest BCUT2D eigenvalue weighted by Crippen LogP contribution is 2.29. The lowest BCUT2D eigenvalue weighted by molar-refractivity contribution is 0.299. The van der Waals surface area contributed by atoms with Crippen LogP contribution in [0.15, 0.2) is 48.5 Å². The fourth-order valence-corrected chi connectivity index (χ4v) is 2.07. The monoisotopic (exact) mass is 271 g/mol. The lowest BCUT2D eigenvalue weighted by Gasteiger charge is -2.16. The van der Waals surface area contributed by atoms with Gasteiger partial charge in [0.05, 0.1) is 0 Å². The third-order valence-electron chi connectivity index (χ3n) is 3.37. The van der Waals surface area contributed by atoms with Crippen LogP contribution in [0.5, 0.6) is 11.5 Å². The van der Waals surface area contributed by atoms with Gasteiger partial charge in [-0.3, -0.25) is 0 Å². The average Bonchev–Trinajstić information content (AvgIpc) is 2.49. The lowest BCUT2D eigenvalue weighted by atomic mass is 10.1. The molecule has 0 fully saturated rings. The van der Waals surface area contributed by atoms with Gasteiger partial charge in [-0.15, -0.1) is 0 Å². The maximum atomic E-state index is 8.91. The molecule has 0 heterocycles. The molecule has 0 aliphatic rings. The molecule has 1 unspecified atom stereocenters. The predicted octanol–water partition coefficient (Wildman–Crippen LogP) is 3.29. The molecular formula is C17H21NO2. The Morgan fingerprint density at radius 1 is 1.10 bits per heavy atom. The summed E-state index contributed by atoms with van der Waals surface area (Å²) >= 11 is 0. The van der Waals surface area contributed by atoms with E-state index in [0.29, 0.717) is 6.42 Å². The Morgan fingerprint density at radius 2 is 1.80 bits per heavy atom. The third kappa shape index (κ3) is 3.59. The number of rotatable bonds is 6. The zero-order valence-corrected chi connectivity index (χ0v) is 12.0. The molecule has 2 aromatic rings. The molecule has 20 heavy (non-hydrogen) atoms. The van der Waals surface area contributed by atoms with Gasteiger partial charge >= 0.3 is 0 Å².